The normalized spacial score (nSPS) is 16.7. The quantitative estimate of drug-likeness (QED) is 0.803. The van der Waals surface area contributed by atoms with Crippen molar-refractivity contribution in [2.45, 2.75) is 37.5 Å². The number of sulfonamides is 1. The molecule has 114 valence electrons. The molecule has 0 aromatic carbocycles. The van der Waals surface area contributed by atoms with Gasteiger partial charge in [0.1, 0.15) is 4.90 Å². The van der Waals surface area contributed by atoms with Crippen LogP contribution >= 0.6 is 0 Å². The van der Waals surface area contributed by atoms with Gasteiger partial charge in [-0.05, 0) is 24.3 Å². The highest BCUT2D eigenvalue weighted by Gasteiger charge is 2.33. The van der Waals surface area contributed by atoms with Gasteiger partial charge in [0.2, 0.25) is 10.0 Å². The molecule has 2 rings (SSSR count). The zero-order chi connectivity index (χ0) is 15.3. The van der Waals surface area contributed by atoms with Gasteiger partial charge in [-0.1, -0.05) is 25.2 Å². The third-order valence-electron chi connectivity index (χ3n) is 3.74. The standard InChI is InChI=1S/C15H20N2O3S/c1-15(6-4-7-15)12-17-21(19,20)14-9-13(10-16-11-14)5-2-3-8-18/h9-11,17-18H,3-4,6-8,12H2,1H3. The molecule has 0 radical (unpaired) electrons. The molecule has 0 unspecified atom stereocenters. The maximum absolute atomic E-state index is 12.3. The summed E-state index contributed by atoms with van der Waals surface area (Å²) in [6.45, 7) is 2.53. The van der Waals surface area contributed by atoms with Crippen molar-refractivity contribution in [1.29, 1.82) is 0 Å². The molecule has 0 bridgehead atoms. The average Bonchev–Trinajstić information content (AvgIpc) is 2.44. The number of hydrogen-bond acceptors (Lipinski definition) is 4. The fourth-order valence-corrected chi connectivity index (χ4v) is 3.35. The molecule has 0 amide bonds. The largest absolute Gasteiger partial charge is 0.395 e. The van der Waals surface area contributed by atoms with E-state index in [1.807, 2.05) is 0 Å². The van der Waals surface area contributed by atoms with Gasteiger partial charge in [-0.2, -0.15) is 0 Å². The summed E-state index contributed by atoms with van der Waals surface area (Å²) in [7, 11) is -3.55. The number of nitrogens with zero attached hydrogens (tertiary/aromatic N) is 1. The van der Waals surface area contributed by atoms with Crippen molar-refractivity contribution in [3.8, 4) is 11.8 Å². The minimum Gasteiger partial charge on any atom is -0.395 e. The van der Waals surface area contributed by atoms with Crippen LogP contribution in [0.15, 0.2) is 23.4 Å². The summed E-state index contributed by atoms with van der Waals surface area (Å²) in [6.07, 6.45) is 6.46. The molecule has 21 heavy (non-hydrogen) atoms. The first-order valence-corrected chi connectivity index (χ1v) is 8.48. The Labute approximate surface area is 125 Å². The van der Waals surface area contributed by atoms with Gasteiger partial charge in [-0.15, -0.1) is 0 Å². The monoisotopic (exact) mass is 308 g/mol. The summed E-state index contributed by atoms with van der Waals surface area (Å²) in [6, 6.07) is 1.50. The van der Waals surface area contributed by atoms with Crippen molar-refractivity contribution in [3.05, 3.63) is 24.0 Å². The second-order valence-corrected chi connectivity index (χ2v) is 7.44. The van der Waals surface area contributed by atoms with Crippen LogP contribution in [0.1, 0.15) is 38.2 Å². The molecule has 6 heteroatoms. The van der Waals surface area contributed by atoms with Gasteiger partial charge in [0, 0.05) is 30.9 Å². The zero-order valence-corrected chi connectivity index (χ0v) is 12.9. The van der Waals surface area contributed by atoms with Gasteiger partial charge in [0.15, 0.2) is 0 Å². The smallest absolute Gasteiger partial charge is 0.242 e. The maximum Gasteiger partial charge on any atom is 0.242 e. The van der Waals surface area contributed by atoms with Crippen LogP contribution in [0.3, 0.4) is 0 Å². The van der Waals surface area contributed by atoms with Crippen LogP contribution in [-0.2, 0) is 10.0 Å². The topological polar surface area (TPSA) is 79.3 Å². The van der Waals surface area contributed by atoms with Crippen molar-refractivity contribution in [2.75, 3.05) is 13.2 Å². The Hall–Kier alpha value is -1.42. The summed E-state index contributed by atoms with van der Waals surface area (Å²) in [5.74, 6) is 5.54. The van der Waals surface area contributed by atoms with Gasteiger partial charge in [-0.3, -0.25) is 4.98 Å². The highest BCUT2D eigenvalue weighted by atomic mass is 32.2. The Kier molecular flexibility index (Phi) is 4.99. The van der Waals surface area contributed by atoms with Crippen molar-refractivity contribution in [1.82, 2.24) is 9.71 Å². The molecule has 0 saturated heterocycles. The van der Waals surface area contributed by atoms with Crippen LogP contribution in [0.25, 0.3) is 0 Å². The molecule has 5 nitrogen and oxygen atoms in total. The third-order valence-corrected chi connectivity index (χ3v) is 5.11. The van der Waals surface area contributed by atoms with E-state index in [1.54, 1.807) is 0 Å². The van der Waals surface area contributed by atoms with Gasteiger partial charge in [-0.25, -0.2) is 13.1 Å². The molecule has 1 fully saturated rings. The second kappa shape index (κ2) is 6.56. The predicted molar refractivity (Wildman–Crippen MR) is 80.0 cm³/mol. The molecule has 1 aromatic rings. The fourth-order valence-electron chi connectivity index (χ4n) is 2.16. The van der Waals surface area contributed by atoms with E-state index < -0.39 is 10.0 Å². The lowest BCUT2D eigenvalue weighted by atomic mass is 9.71. The van der Waals surface area contributed by atoms with Crippen LogP contribution < -0.4 is 4.72 Å². The number of aliphatic hydroxyl groups is 1. The van der Waals surface area contributed by atoms with Crippen LogP contribution in [-0.4, -0.2) is 31.7 Å². The summed E-state index contributed by atoms with van der Waals surface area (Å²) in [5, 5.41) is 8.68. The SMILES string of the molecule is CC1(CNS(=O)(=O)c2cncc(C#CCCO)c2)CCC1. The Balaban J connectivity index is 2.09. The second-order valence-electron chi connectivity index (χ2n) is 5.67. The highest BCUT2D eigenvalue weighted by molar-refractivity contribution is 7.89. The molecule has 0 spiro atoms. The summed E-state index contributed by atoms with van der Waals surface area (Å²) in [5.41, 5.74) is 0.611. The van der Waals surface area contributed by atoms with Crippen LogP contribution in [0.2, 0.25) is 0 Å². The van der Waals surface area contributed by atoms with E-state index in [4.69, 9.17) is 5.11 Å². The molecule has 2 N–H and O–H groups in total. The molecule has 1 saturated carbocycles. The molecule has 1 aliphatic rings. The number of rotatable bonds is 5. The molecular formula is C15H20N2O3S. The van der Waals surface area contributed by atoms with E-state index >= 15 is 0 Å². The first-order chi connectivity index (χ1) is 9.95. The van der Waals surface area contributed by atoms with Crippen LogP contribution in [0.5, 0.6) is 0 Å². The van der Waals surface area contributed by atoms with Gasteiger partial charge in [0.25, 0.3) is 0 Å². The number of pyridine rings is 1. The number of hydrogen-bond donors (Lipinski definition) is 2. The average molecular weight is 308 g/mol. The van der Waals surface area contributed by atoms with Gasteiger partial charge in [0.05, 0.1) is 6.61 Å². The lowest BCUT2D eigenvalue weighted by molar-refractivity contribution is 0.166. The van der Waals surface area contributed by atoms with Gasteiger partial charge >= 0.3 is 0 Å². The Morgan fingerprint density at radius 2 is 2.19 bits per heavy atom. The van der Waals surface area contributed by atoms with Crippen LogP contribution in [0, 0.1) is 17.3 Å². The van der Waals surface area contributed by atoms with E-state index in [0.29, 0.717) is 18.5 Å². The lowest BCUT2D eigenvalue weighted by Crippen LogP contribution is -2.39. The van der Waals surface area contributed by atoms with Crippen molar-refractivity contribution >= 4 is 10.0 Å². The minimum atomic E-state index is -3.55. The van der Waals surface area contributed by atoms with Crippen LogP contribution in [0.4, 0.5) is 0 Å². The Bertz CT molecular complexity index is 655. The van der Waals surface area contributed by atoms with E-state index in [0.717, 1.165) is 19.3 Å². The van der Waals surface area contributed by atoms with E-state index in [9.17, 15) is 8.42 Å². The molecular weight excluding hydrogens is 288 g/mol. The molecule has 1 aromatic heterocycles. The molecule has 1 aliphatic carbocycles. The maximum atomic E-state index is 12.3. The van der Waals surface area contributed by atoms with Crippen molar-refractivity contribution < 1.29 is 13.5 Å². The van der Waals surface area contributed by atoms with Gasteiger partial charge < -0.3 is 5.11 Å². The predicted octanol–water partition coefficient (Wildman–Crippen LogP) is 1.28. The summed E-state index contributed by atoms with van der Waals surface area (Å²) >= 11 is 0. The molecule has 1 heterocycles. The van der Waals surface area contributed by atoms with E-state index in [-0.39, 0.29) is 16.9 Å². The van der Waals surface area contributed by atoms with E-state index in [2.05, 4.69) is 28.5 Å². The lowest BCUT2D eigenvalue weighted by Gasteiger charge is -2.38. The van der Waals surface area contributed by atoms with Crippen molar-refractivity contribution in [2.24, 2.45) is 5.41 Å². The number of aromatic nitrogens is 1. The summed E-state index contributed by atoms with van der Waals surface area (Å²) in [4.78, 5) is 4.05. The first kappa shape index (κ1) is 16.0. The number of nitrogens with one attached hydrogen (secondary N) is 1. The number of aliphatic hydroxyl groups excluding tert-OH is 1. The van der Waals surface area contributed by atoms with E-state index in [1.165, 1.54) is 18.5 Å². The summed E-state index contributed by atoms with van der Waals surface area (Å²) < 4.78 is 27.2. The molecule has 0 atom stereocenters. The minimum absolute atomic E-state index is 0.0153. The van der Waals surface area contributed by atoms with Crippen molar-refractivity contribution in [3.63, 3.8) is 0 Å². The fraction of sp³-hybridized carbons (Fsp3) is 0.533. The Morgan fingerprint density at radius 1 is 1.43 bits per heavy atom. The molecule has 0 aliphatic heterocycles. The first-order valence-electron chi connectivity index (χ1n) is 7.00. The highest BCUT2D eigenvalue weighted by Crippen LogP contribution is 2.39. The Morgan fingerprint density at radius 3 is 2.81 bits per heavy atom. The zero-order valence-electron chi connectivity index (χ0n) is 12.1. The third kappa shape index (κ3) is 4.27.